The van der Waals surface area contributed by atoms with Gasteiger partial charge < -0.3 is 15.0 Å². The quantitative estimate of drug-likeness (QED) is 0.476. The van der Waals surface area contributed by atoms with E-state index in [1.165, 1.54) is 0 Å². The highest BCUT2D eigenvalue weighted by Crippen LogP contribution is 2.20. The normalized spacial score (nSPS) is 18.6. The zero-order valence-corrected chi connectivity index (χ0v) is 15.6. The molecule has 3 amide bonds. The summed E-state index contributed by atoms with van der Waals surface area (Å²) in [6.45, 7) is 8.33. The van der Waals surface area contributed by atoms with Gasteiger partial charge in [-0.15, -0.1) is 0 Å². The highest BCUT2D eigenvalue weighted by molar-refractivity contribution is 5.85. The van der Waals surface area contributed by atoms with E-state index in [-0.39, 0.29) is 18.4 Å². The zero-order valence-electron chi connectivity index (χ0n) is 15.6. The van der Waals surface area contributed by atoms with Crippen molar-refractivity contribution in [2.24, 2.45) is 5.92 Å². The predicted octanol–water partition coefficient (Wildman–Crippen LogP) is 1.81. The number of ether oxygens (including phenoxy) is 1. The topological polar surface area (TPSA) is 108 Å². The Morgan fingerprint density at radius 2 is 2.00 bits per heavy atom. The number of nitrogens with one attached hydrogen (secondary N) is 2. The first-order chi connectivity index (χ1) is 11.7. The van der Waals surface area contributed by atoms with Gasteiger partial charge in [-0.1, -0.05) is 19.8 Å². The number of hydroxylamine groups is 1. The van der Waals surface area contributed by atoms with Gasteiger partial charge in [-0.3, -0.25) is 14.8 Å². The van der Waals surface area contributed by atoms with Gasteiger partial charge in [0.2, 0.25) is 11.8 Å². The largest absolute Gasteiger partial charge is 0.444 e. The maximum Gasteiger partial charge on any atom is 0.407 e. The van der Waals surface area contributed by atoms with Gasteiger partial charge in [-0.05, 0) is 33.6 Å². The Morgan fingerprint density at radius 1 is 1.32 bits per heavy atom. The van der Waals surface area contributed by atoms with Crippen molar-refractivity contribution in [1.29, 1.82) is 0 Å². The molecule has 0 bridgehead atoms. The van der Waals surface area contributed by atoms with Crippen molar-refractivity contribution in [1.82, 2.24) is 15.7 Å². The molecule has 1 fully saturated rings. The van der Waals surface area contributed by atoms with E-state index in [4.69, 9.17) is 9.94 Å². The Morgan fingerprint density at radius 3 is 2.56 bits per heavy atom. The zero-order chi connectivity index (χ0) is 19.0. The summed E-state index contributed by atoms with van der Waals surface area (Å²) in [5, 5.41) is 11.5. The molecule has 0 spiro atoms. The first-order valence-electron chi connectivity index (χ1n) is 8.87. The minimum absolute atomic E-state index is 0.0318. The highest BCUT2D eigenvalue weighted by Gasteiger charge is 2.33. The average molecular weight is 357 g/mol. The molecule has 2 atom stereocenters. The van der Waals surface area contributed by atoms with Crippen molar-refractivity contribution in [2.75, 3.05) is 13.1 Å². The van der Waals surface area contributed by atoms with Crippen LogP contribution in [-0.2, 0) is 14.3 Å². The van der Waals surface area contributed by atoms with Crippen molar-refractivity contribution in [3.8, 4) is 0 Å². The Hall–Kier alpha value is -1.83. The van der Waals surface area contributed by atoms with Gasteiger partial charge in [0.15, 0.2) is 0 Å². The monoisotopic (exact) mass is 357 g/mol. The lowest BCUT2D eigenvalue weighted by Crippen LogP contribution is -2.42. The minimum atomic E-state index is -0.568. The fourth-order valence-corrected chi connectivity index (χ4v) is 2.84. The molecule has 3 N–H and O–H groups in total. The van der Waals surface area contributed by atoms with E-state index in [0.717, 1.165) is 12.8 Å². The second-order valence-electron chi connectivity index (χ2n) is 7.49. The maximum absolute atomic E-state index is 12.7. The van der Waals surface area contributed by atoms with E-state index >= 15 is 0 Å². The molecule has 0 aromatic carbocycles. The van der Waals surface area contributed by atoms with Crippen LogP contribution in [0.25, 0.3) is 0 Å². The molecule has 1 heterocycles. The summed E-state index contributed by atoms with van der Waals surface area (Å²) in [6.07, 6.45) is 2.49. The second kappa shape index (κ2) is 9.60. The molecule has 8 heteroatoms. The van der Waals surface area contributed by atoms with Gasteiger partial charge in [-0.25, -0.2) is 10.3 Å². The lowest BCUT2D eigenvalue weighted by molar-refractivity contribution is -0.140. The number of rotatable bonds is 7. The summed E-state index contributed by atoms with van der Waals surface area (Å²) in [5.74, 6) is -1.12. The van der Waals surface area contributed by atoms with E-state index < -0.39 is 23.5 Å². The predicted molar refractivity (Wildman–Crippen MR) is 91.9 cm³/mol. The number of carbonyl (C=O) groups excluding carboxylic acids is 3. The van der Waals surface area contributed by atoms with Crippen LogP contribution < -0.4 is 10.8 Å². The van der Waals surface area contributed by atoms with Crippen LogP contribution in [0.3, 0.4) is 0 Å². The van der Waals surface area contributed by atoms with E-state index in [1.807, 2.05) is 6.92 Å². The van der Waals surface area contributed by atoms with Gasteiger partial charge >= 0.3 is 6.09 Å². The summed E-state index contributed by atoms with van der Waals surface area (Å²) in [5.41, 5.74) is 1.02. The number of alkyl carbamates (subject to hydrolysis) is 1. The first-order valence-corrected chi connectivity index (χ1v) is 8.87. The maximum atomic E-state index is 12.7. The minimum Gasteiger partial charge on any atom is -0.444 e. The smallest absolute Gasteiger partial charge is 0.407 e. The number of amides is 3. The van der Waals surface area contributed by atoms with Crippen molar-refractivity contribution >= 4 is 17.9 Å². The molecule has 1 saturated heterocycles. The molecular formula is C17H31N3O5. The third-order valence-electron chi connectivity index (χ3n) is 4.03. The molecule has 1 aliphatic heterocycles. The van der Waals surface area contributed by atoms with Gasteiger partial charge in [0, 0.05) is 25.4 Å². The number of carbonyl (C=O) groups is 3. The summed E-state index contributed by atoms with van der Waals surface area (Å²) < 4.78 is 5.23. The second-order valence-corrected chi connectivity index (χ2v) is 7.49. The van der Waals surface area contributed by atoms with Gasteiger partial charge in [-0.2, -0.15) is 0 Å². The van der Waals surface area contributed by atoms with E-state index in [2.05, 4.69) is 5.32 Å². The molecule has 1 unspecified atom stereocenters. The fraction of sp³-hybridized carbons (Fsp3) is 0.824. The molecule has 1 aliphatic rings. The molecule has 0 aromatic rings. The van der Waals surface area contributed by atoms with E-state index in [9.17, 15) is 14.4 Å². The summed E-state index contributed by atoms with van der Waals surface area (Å²) >= 11 is 0. The molecule has 8 nitrogen and oxygen atoms in total. The van der Waals surface area contributed by atoms with Crippen LogP contribution >= 0.6 is 0 Å². The molecule has 25 heavy (non-hydrogen) atoms. The lowest BCUT2D eigenvalue weighted by Gasteiger charge is -2.24. The van der Waals surface area contributed by atoms with Crippen molar-refractivity contribution in [3.63, 3.8) is 0 Å². The van der Waals surface area contributed by atoms with E-state index in [1.54, 1.807) is 31.2 Å². The van der Waals surface area contributed by atoms with Crippen LogP contribution in [0.1, 0.15) is 59.8 Å². The Labute approximate surface area is 149 Å². The molecular weight excluding hydrogens is 326 g/mol. The van der Waals surface area contributed by atoms with Gasteiger partial charge in [0.05, 0.1) is 6.04 Å². The van der Waals surface area contributed by atoms with Crippen LogP contribution in [0.15, 0.2) is 0 Å². The van der Waals surface area contributed by atoms with E-state index in [0.29, 0.717) is 25.9 Å². The van der Waals surface area contributed by atoms with Crippen LogP contribution in [0, 0.1) is 5.92 Å². The molecule has 0 radical (unpaired) electrons. The molecule has 0 saturated carbocycles. The summed E-state index contributed by atoms with van der Waals surface area (Å²) in [4.78, 5) is 37.6. The van der Waals surface area contributed by atoms with Crippen molar-refractivity contribution < 1.29 is 24.3 Å². The van der Waals surface area contributed by atoms with Crippen LogP contribution in [-0.4, -0.2) is 52.7 Å². The van der Waals surface area contributed by atoms with Crippen LogP contribution in [0.4, 0.5) is 4.79 Å². The Kier molecular flexibility index (Phi) is 8.15. The van der Waals surface area contributed by atoms with Crippen molar-refractivity contribution in [3.05, 3.63) is 0 Å². The Balaban J connectivity index is 2.57. The number of unbranched alkanes of at least 4 members (excludes halogenated alkanes) is 1. The van der Waals surface area contributed by atoms with Crippen LogP contribution in [0.5, 0.6) is 0 Å². The van der Waals surface area contributed by atoms with Gasteiger partial charge in [0.25, 0.3) is 0 Å². The number of hydrogen-bond acceptors (Lipinski definition) is 5. The lowest BCUT2D eigenvalue weighted by atomic mass is 9.96. The summed E-state index contributed by atoms with van der Waals surface area (Å²) in [7, 11) is 0. The number of hydrogen-bond donors (Lipinski definition) is 3. The average Bonchev–Trinajstić information content (AvgIpc) is 2.96. The third kappa shape index (κ3) is 7.72. The molecule has 0 aliphatic carbocycles. The Bertz CT molecular complexity index is 475. The van der Waals surface area contributed by atoms with Crippen molar-refractivity contribution in [2.45, 2.75) is 71.4 Å². The van der Waals surface area contributed by atoms with Gasteiger partial charge in [0.1, 0.15) is 5.60 Å². The van der Waals surface area contributed by atoms with Crippen LogP contribution in [0.2, 0.25) is 0 Å². The molecule has 1 rings (SSSR count). The number of nitrogens with zero attached hydrogens (tertiary/aromatic N) is 1. The third-order valence-corrected chi connectivity index (χ3v) is 4.03. The SMILES string of the molecule is CCCC[C@H](CC(=O)NO)C(=O)N1CCC(NC(=O)OC(C)(C)C)C1. The number of likely N-dealkylation sites (tertiary alicyclic amines) is 1. The first kappa shape index (κ1) is 21.2. The highest BCUT2D eigenvalue weighted by atomic mass is 16.6. The fourth-order valence-electron chi connectivity index (χ4n) is 2.84. The molecule has 144 valence electrons. The molecule has 0 aromatic heterocycles. The summed E-state index contributed by atoms with van der Waals surface area (Å²) in [6, 6.07) is -0.155. The standard InChI is InChI=1S/C17H31N3O5/c1-5-6-7-12(10-14(21)19-24)15(22)20-9-8-13(11-20)18-16(23)25-17(2,3)4/h12-13,24H,5-11H2,1-4H3,(H,18,23)(H,19,21)/t12-,13?/m1/s1.